The minimum absolute atomic E-state index is 0.621. The van der Waals surface area contributed by atoms with Crippen LogP contribution in [0.5, 0.6) is 0 Å². The minimum Gasteiger partial charge on any atom is -0.287 e. The molecule has 1 aromatic heterocycles. The Morgan fingerprint density at radius 3 is 2.36 bits per heavy atom. The fourth-order valence-corrected chi connectivity index (χ4v) is 0.849. The Labute approximate surface area is 79.1 Å². The highest BCUT2D eigenvalue weighted by molar-refractivity contribution is 14.1. The molecule has 0 aromatic carbocycles. The summed E-state index contributed by atoms with van der Waals surface area (Å²) >= 11 is 2.16. The summed E-state index contributed by atoms with van der Waals surface area (Å²) in [6.07, 6.45) is 3.53. The molecule has 60 valence electrons. The van der Waals surface area contributed by atoms with Crippen molar-refractivity contribution in [1.29, 1.82) is 0 Å². The number of hydrogen-bond acceptors (Lipinski definition) is 4. The zero-order valence-electron chi connectivity index (χ0n) is 6.37. The molecule has 11 heavy (non-hydrogen) atoms. The van der Waals surface area contributed by atoms with Crippen molar-refractivity contribution in [3.8, 4) is 0 Å². The summed E-state index contributed by atoms with van der Waals surface area (Å²) in [5, 5.41) is 1.79. The molecule has 0 spiro atoms. The zero-order chi connectivity index (χ0) is 8.27. The van der Waals surface area contributed by atoms with E-state index in [0.717, 1.165) is 3.57 Å². The molecule has 0 atom stereocenters. The van der Waals surface area contributed by atoms with Crippen molar-refractivity contribution in [2.75, 3.05) is 19.5 Å². The van der Waals surface area contributed by atoms with Gasteiger partial charge in [-0.2, -0.15) is 0 Å². The molecule has 0 bridgehead atoms. The predicted molar refractivity (Wildman–Crippen MR) is 52.1 cm³/mol. The zero-order valence-corrected chi connectivity index (χ0v) is 8.53. The lowest BCUT2D eigenvalue weighted by Gasteiger charge is -2.10. The monoisotopic (exact) mass is 264 g/mol. The van der Waals surface area contributed by atoms with E-state index in [1.807, 2.05) is 14.1 Å². The van der Waals surface area contributed by atoms with Gasteiger partial charge in [0.2, 0.25) is 5.95 Å². The van der Waals surface area contributed by atoms with Crippen molar-refractivity contribution in [2.24, 2.45) is 0 Å². The van der Waals surface area contributed by atoms with Crippen LogP contribution in [0.1, 0.15) is 0 Å². The van der Waals surface area contributed by atoms with Gasteiger partial charge in [-0.15, -0.1) is 0 Å². The van der Waals surface area contributed by atoms with Crippen LogP contribution >= 0.6 is 22.6 Å². The van der Waals surface area contributed by atoms with Gasteiger partial charge in [-0.25, -0.2) is 15.0 Å². The van der Waals surface area contributed by atoms with Crippen molar-refractivity contribution in [3.05, 3.63) is 16.0 Å². The first-order valence-electron chi connectivity index (χ1n) is 3.10. The molecule has 0 fully saturated rings. The van der Waals surface area contributed by atoms with E-state index in [0.29, 0.717) is 5.95 Å². The summed E-state index contributed by atoms with van der Waals surface area (Å²) in [6, 6.07) is 0. The summed E-state index contributed by atoms with van der Waals surface area (Å²) in [6.45, 7) is 0. The maximum atomic E-state index is 4.05. The second-order valence-corrected chi connectivity index (χ2v) is 3.48. The van der Waals surface area contributed by atoms with Crippen molar-refractivity contribution in [1.82, 2.24) is 15.0 Å². The van der Waals surface area contributed by atoms with Gasteiger partial charge in [-0.3, -0.25) is 5.43 Å². The van der Waals surface area contributed by atoms with Crippen LogP contribution in [0.3, 0.4) is 0 Å². The SMILES string of the molecule is CN(C)Nc1ncc(I)cn1. The third kappa shape index (κ3) is 2.98. The molecule has 0 saturated carbocycles. The first kappa shape index (κ1) is 8.66. The Balaban J connectivity index is 2.66. The van der Waals surface area contributed by atoms with E-state index in [9.17, 15) is 0 Å². The van der Waals surface area contributed by atoms with Crippen LogP contribution in [0.2, 0.25) is 0 Å². The molecule has 0 saturated heterocycles. The van der Waals surface area contributed by atoms with Crippen molar-refractivity contribution >= 4 is 28.5 Å². The lowest BCUT2D eigenvalue weighted by molar-refractivity contribution is 0.488. The minimum atomic E-state index is 0.621. The van der Waals surface area contributed by atoms with E-state index in [2.05, 4.69) is 38.0 Å². The van der Waals surface area contributed by atoms with Gasteiger partial charge >= 0.3 is 0 Å². The Morgan fingerprint density at radius 1 is 1.36 bits per heavy atom. The van der Waals surface area contributed by atoms with Crippen LogP contribution in [0.4, 0.5) is 5.95 Å². The Hall–Kier alpha value is -0.430. The lowest BCUT2D eigenvalue weighted by atomic mass is 10.7. The largest absolute Gasteiger partial charge is 0.287 e. The highest BCUT2D eigenvalue weighted by atomic mass is 127. The van der Waals surface area contributed by atoms with E-state index < -0.39 is 0 Å². The summed E-state index contributed by atoms with van der Waals surface area (Å²) in [5.74, 6) is 0.621. The maximum Gasteiger partial charge on any atom is 0.237 e. The van der Waals surface area contributed by atoms with Crippen molar-refractivity contribution < 1.29 is 0 Å². The standard InChI is InChI=1S/C6H9IN4/c1-11(2)10-6-8-3-5(7)4-9-6/h3-4H,1-2H3,(H,8,9,10). The molecule has 4 nitrogen and oxygen atoms in total. The predicted octanol–water partition coefficient (Wildman–Crippen LogP) is 0.970. The van der Waals surface area contributed by atoms with Crippen LogP contribution in [0.15, 0.2) is 12.4 Å². The van der Waals surface area contributed by atoms with E-state index in [4.69, 9.17) is 0 Å². The number of anilines is 1. The Kier molecular flexibility index (Phi) is 3.01. The summed E-state index contributed by atoms with van der Waals surface area (Å²) in [4.78, 5) is 8.09. The molecule has 0 aliphatic heterocycles. The quantitative estimate of drug-likeness (QED) is 0.638. The number of halogens is 1. The molecule has 5 heteroatoms. The first-order valence-corrected chi connectivity index (χ1v) is 4.18. The molecule has 1 aromatic rings. The van der Waals surface area contributed by atoms with Crippen LogP contribution in [0, 0.1) is 3.57 Å². The Bertz CT molecular complexity index is 221. The molecule has 1 rings (SSSR count). The smallest absolute Gasteiger partial charge is 0.237 e. The fourth-order valence-electron chi connectivity index (χ4n) is 0.570. The number of hydrogen-bond donors (Lipinski definition) is 1. The topological polar surface area (TPSA) is 41.0 Å². The molecule has 0 aliphatic rings. The Morgan fingerprint density at radius 2 is 1.91 bits per heavy atom. The van der Waals surface area contributed by atoms with Gasteiger partial charge < -0.3 is 0 Å². The molecular formula is C6H9IN4. The summed E-state index contributed by atoms with van der Waals surface area (Å²) in [5.41, 5.74) is 2.94. The van der Waals surface area contributed by atoms with E-state index >= 15 is 0 Å². The van der Waals surface area contributed by atoms with Crippen LogP contribution in [-0.4, -0.2) is 29.1 Å². The average Bonchev–Trinajstić information content (AvgIpc) is 1.93. The molecule has 0 aliphatic carbocycles. The van der Waals surface area contributed by atoms with Gasteiger partial charge in [0.15, 0.2) is 0 Å². The van der Waals surface area contributed by atoms with E-state index in [1.165, 1.54) is 0 Å². The fraction of sp³-hybridized carbons (Fsp3) is 0.333. The van der Waals surface area contributed by atoms with Gasteiger partial charge in [-0.1, -0.05) is 0 Å². The average molecular weight is 264 g/mol. The van der Waals surface area contributed by atoms with Crippen LogP contribution in [0.25, 0.3) is 0 Å². The molecule has 0 unspecified atom stereocenters. The second-order valence-electron chi connectivity index (χ2n) is 2.23. The van der Waals surface area contributed by atoms with Gasteiger partial charge in [0.25, 0.3) is 0 Å². The van der Waals surface area contributed by atoms with E-state index in [1.54, 1.807) is 17.4 Å². The number of nitrogens with zero attached hydrogens (tertiary/aromatic N) is 3. The van der Waals surface area contributed by atoms with Crippen molar-refractivity contribution in [2.45, 2.75) is 0 Å². The van der Waals surface area contributed by atoms with Crippen LogP contribution < -0.4 is 5.43 Å². The van der Waals surface area contributed by atoms with Crippen LogP contribution in [-0.2, 0) is 0 Å². The number of hydrazine groups is 1. The third-order valence-electron chi connectivity index (χ3n) is 0.944. The van der Waals surface area contributed by atoms with Gasteiger partial charge in [0, 0.05) is 30.1 Å². The van der Waals surface area contributed by atoms with Gasteiger partial charge in [-0.05, 0) is 22.6 Å². The molecular weight excluding hydrogens is 255 g/mol. The third-order valence-corrected chi connectivity index (χ3v) is 1.50. The maximum absolute atomic E-state index is 4.05. The molecule has 0 amide bonds. The number of rotatable bonds is 2. The van der Waals surface area contributed by atoms with Gasteiger partial charge in [0.05, 0.1) is 0 Å². The number of nitrogens with one attached hydrogen (secondary N) is 1. The van der Waals surface area contributed by atoms with Crippen molar-refractivity contribution in [3.63, 3.8) is 0 Å². The summed E-state index contributed by atoms with van der Waals surface area (Å²) in [7, 11) is 3.78. The highest BCUT2D eigenvalue weighted by Gasteiger charge is 1.94. The number of aromatic nitrogens is 2. The normalized spacial score (nSPS) is 10.2. The van der Waals surface area contributed by atoms with Gasteiger partial charge in [0.1, 0.15) is 0 Å². The lowest BCUT2D eigenvalue weighted by Crippen LogP contribution is -2.21. The summed E-state index contributed by atoms with van der Waals surface area (Å²) < 4.78 is 1.03. The second kappa shape index (κ2) is 3.82. The highest BCUT2D eigenvalue weighted by Crippen LogP contribution is 2.02. The van der Waals surface area contributed by atoms with E-state index in [-0.39, 0.29) is 0 Å². The first-order chi connectivity index (χ1) is 5.18. The molecule has 1 heterocycles. The molecule has 0 radical (unpaired) electrons. The molecule has 1 N–H and O–H groups in total.